The fourth-order valence-corrected chi connectivity index (χ4v) is 5.09. The van der Waals surface area contributed by atoms with Gasteiger partial charge in [0, 0.05) is 0 Å². The van der Waals surface area contributed by atoms with Gasteiger partial charge in [-0.15, -0.1) is 11.3 Å². The number of carbonyl (C=O) groups excluding carboxylic acids is 1. The van der Waals surface area contributed by atoms with Gasteiger partial charge in [0.05, 0.1) is 22.9 Å². The predicted molar refractivity (Wildman–Crippen MR) is 111 cm³/mol. The summed E-state index contributed by atoms with van der Waals surface area (Å²) < 4.78 is 1.54. The summed E-state index contributed by atoms with van der Waals surface area (Å²) >= 11 is 2.61. The van der Waals surface area contributed by atoms with E-state index in [0.29, 0.717) is 33.9 Å². The van der Waals surface area contributed by atoms with E-state index < -0.39 is 5.54 Å². The summed E-state index contributed by atoms with van der Waals surface area (Å²) in [6.07, 6.45) is 3.28. The number of para-hydroxylation sites is 1. The summed E-state index contributed by atoms with van der Waals surface area (Å²) in [4.78, 5) is 30.8. The van der Waals surface area contributed by atoms with E-state index in [1.54, 1.807) is 10.6 Å². The fourth-order valence-electron chi connectivity index (χ4n) is 3.47. The van der Waals surface area contributed by atoms with E-state index in [1.807, 2.05) is 35.7 Å². The first-order chi connectivity index (χ1) is 13.6. The normalized spacial score (nSPS) is 15.4. The second kappa shape index (κ2) is 7.78. The minimum atomic E-state index is -0.748. The average Bonchev–Trinajstić information content (AvgIpc) is 3.37. The van der Waals surface area contributed by atoms with Crippen LogP contribution in [0.15, 0.2) is 51.7 Å². The van der Waals surface area contributed by atoms with Gasteiger partial charge in [0.2, 0.25) is 5.91 Å². The number of nitriles is 1. The van der Waals surface area contributed by atoms with Crippen molar-refractivity contribution in [2.24, 2.45) is 0 Å². The van der Waals surface area contributed by atoms with Gasteiger partial charge in [0.1, 0.15) is 10.4 Å². The van der Waals surface area contributed by atoms with Gasteiger partial charge >= 0.3 is 0 Å². The van der Waals surface area contributed by atoms with E-state index in [-0.39, 0.29) is 17.2 Å². The van der Waals surface area contributed by atoms with Crippen LogP contribution < -0.4 is 10.9 Å². The van der Waals surface area contributed by atoms with E-state index in [9.17, 15) is 14.9 Å². The van der Waals surface area contributed by atoms with Gasteiger partial charge < -0.3 is 5.32 Å². The SMILES string of the molecule is N#CC1(NC(=O)CSc2nc3sccc3c(=O)n2-c2ccccc2)CCCC1. The Kier molecular flexibility index (Phi) is 5.20. The Morgan fingerprint density at radius 3 is 2.75 bits per heavy atom. The van der Waals surface area contributed by atoms with Crippen molar-refractivity contribution in [3.8, 4) is 11.8 Å². The van der Waals surface area contributed by atoms with Crippen LogP contribution >= 0.6 is 23.1 Å². The summed E-state index contributed by atoms with van der Waals surface area (Å²) in [5.74, 6) is -0.117. The highest BCUT2D eigenvalue weighted by molar-refractivity contribution is 7.99. The molecule has 3 aromatic rings. The van der Waals surface area contributed by atoms with Gasteiger partial charge in [-0.1, -0.05) is 30.0 Å². The van der Waals surface area contributed by atoms with Crippen LogP contribution in [-0.4, -0.2) is 26.8 Å². The van der Waals surface area contributed by atoms with Crippen LogP contribution in [0, 0.1) is 11.3 Å². The number of thioether (sulfide) groups is 1. The number of aromatic nitrogens is 2. The molecule has 1 amide bonds. The lowest BCUT2D eigenvalue weighted by Crippen LogP contribution is -2.45. The van der Waals surface area contributed by atoms with Crippen molar-refractivity contribution in [1.29, 1.82) is 5.26 Å². The third-order valence-corrected chi connectivity index (χ3v) is 6.61. The Morgan fingerprint density at radius 1 is 1.29 bits per heavy atom. The van der Waals surface area contributed by atoms with Crippen molar-refractivity contribution in [3.63, 3.8) is 0 Å². The molecule has 8 heteroatoms. The molecule has 0 bridgehead atoms. The molecule has 1 aliphatic carbocycles. The third kappa shape index (κ3) is 3.55. The lowest BCUT2D eigenvalue weighted by atomic mass is 10.0. The minimum Gasteiger partial charge on any atom is -0.337 e. The highest BCUT2D eigenvalue weighted by Crippen LogP contribution is 2.29. The molecule has 2 heterocycles. The topological polar surface area (TPSA) is 87.8 Å². The monoisotopic (exact) mass is 410 g/mol. The van der Waals surface area contributed by atoms with Crippen molar-refractivity contribution < 1.29 is 4.79 Å². The largest absolute Gasteiger partial charge is 0.337 e. The smallest absolute Gasteiger partial charge is 0.267 e. The molecule has 6 nitrogen and oxygen atoms in total. The number of benzene rings is 1. The zero-order valence-corrected chi connectivity index (χ0v) is 16.7. The van der Waals surface area contributed by atoms with Crippen LogP contribution in [0.3, 0.4) is 0 Å². The van der Waals surface area contributed by atoms with Gasteiger partial charge in [-0.05, 0) is 49.3 Å². The molecule has 0 unspecified atom stereocenters. The van der Waals surface area contributed by atoms with Gasteiger partial charge in [0.25, 0.3) is 5.56 Å². The summed E-state index contributed by atoms with van der Waals surface area (Å²) in [6, 6.07) is 13.3. The highest BCUT2D eigenvalue weighted by Gasteiger charge is 2.35. The maximum absolute atomic E-state index is 13.0. The number of amides is 1. The number of hydrogen-bond donors (Lipinski definition) is 1. The molecule has 2 aromatic heterocycles. The number of rotatable bonds is 5. The maximum atomic E-state index is 13.0. The molecule has 1 N–H and O–H groups in total. The first-order valence-electron chi connectivity index (χ1n) is 9.03. The van der Waals surface area contributed by atoms with E-state index in [0.717, 1.165) is 12.8 Å². The number of hydrogen-bond acceptors (Lipinski definition) is 6. The Hall–Kier alpha value is -2.63. The maximum Gasteiger partial charge on any atom is 0.267 e. The molecule has 1 fully saturated rings. The first-order valence-corrected chi connectivity index (χ1v) is 10.9. The molecule has 1 saturated carbocycles. The molecule has 1 aliphatic rings. The van der Waals surface area contributed by atoms with Crippen LogP contribution in [0.1, 0.15) is 25.7 Å². The number of nitrogens with one attached hydrogen (secondary N) is 1. The molecule has 28 heavy (non-hydrogen) atoms. The Morgan fingerprint density at radius 2 is 2.04 bits per heavy atom. The van der Waals surface area contributed by atoms with Crippen molar-refractivity contribution in [3.05, 3.63) is 52.1 Å². The molecular formula is C20H18N4O2S2. The third-order valence-electron chi connectivity index (χ3n) is 4.86. The van der Waals surface area contributed by atoms with Gasteiger partial charge in [-0.2, -0.15) is 5.26 Å². The van der Waals surface area contributed by atoms with E-state index in [4.69, 9.17) is 0 Å². The Balaban J connectivity index is 1.62. The first kappa shape index (κ1) is 18.7. The summed E-state index contributed by atoms with van der Waals surface area (Å²) in [7, 11) is 0. The number of fused-ring (bicyclic) bond motifs is 1. The standard InChI is InChI=1S/C20H18N4O2S2/c21-13-20(9-4-5-10-20)23-16(25)12-28-19-22-17-15(8-11-27-17)18(26)24(19)14-6-2-1-3-7-14/h1-3,6-8,11H,4-5,9-10,12H2,(H,23,25). The second-order valence-electron chi connectivity index (χ2n) is 6.75. The molecule has 0 radical (unpaired) electrons. The van der Waals surface area contributed by atoms with Crippen molar-refractivity contribution >= 4 is 39.2 Å². The van der Waals surface area contributed by atoms with Gasteiger partial charge in [-0.3, -0.25) is 14.2 Å². The minimum absolute atomic E-state index is 0.0968. The van der Waals surface area contributed by atoms with Crippen molar-refractivity contribution in [2.45, 2.75) is 36.4 Å². The highest BCUT2D eigenvalue weighted by atomic mass is 32.2. The van der Waals surface area contributed by atoms with Crippen LogP contribution in [0.25, 0.3) is 15.9 Å². The van der Waals surface area contributed by atoms with Crippen LogP contribution in [0.2, 0.25) is 0 Å². The summed E-state index contributed by atoms with van der Waals surface area (Å²) in [5.41, 5.74) is -0.188. The van der Waals surface area contributed by atoms with Crippen molar-refractivity contribution in [1.82, 2.24) is 14.9 Å². The lowest BCUT2D eigenvalue weighted by Gasteiger charge is -2.21. The number of carbonyl (C=O) groups is 1. The zero-order chi connectivity index (χ0) is 19.6. The molecule has 142 valence electrons. The summed E-state index contributed by atoms with van der Waals surface area (Å²) in [6.45, 7) is 0. The quantitative estimate of drug-likeness (QED) is 0.514. The van der Waals surface area contributed by atoms with Gasteiger partial charge in [0.15, 0.2) is 5.16 Å². The average molecular weight is 411 g/mol. The van der Waals surface area contributed by atoms with Crippen LogP contribution in [0.5, 0.6) is 0 Å². The fraction of sp³-hybridized carbons (Fsp3) is 0.300. The number of nitrogens with zero attached hydrogens (tertiary/aromatic N) is 3. The molecule has 0 saturated heterocycles. The van der Waals surface area contributed by atoms with E-state index in [1.165, 1.54) is 23.1 Å². The Bertz CT molecular complexity index is 1110. The zero-order valence-electron chi connectivity index (χ0n) is 15.1. The van der Waals surface area contributed by atoms with E-state index >= 15 is 0 Å². The van der Waals surface area contributed by atoms with Crippen LogP contribution in [-0.2, 0) is 4.79 Å². The second-order valence-corrected chi connectivity index (χ2v) is 8.58. The molecule has 0 aliphatic heterocycles. The predicted octanol–water partition coefficient (Wildman–Crippen LogP) is 3.49. The molecule has 1 aromatic carbocycles. The summed E-state index contributed by atoms with van der Waals surface area (Å²) in [5, 5.41) is 15.2. The lowest BCUT2D eigenvalue weighted by molar-refractivity contribution is -0.119. The number of thiophene rings is 1. The molecule has 4 rings (SSSR count). The molecule has 0 atom stereocenters. The van der Waals surface area contributed by atoms with Crippen molar-refractivity contribution in [2.75, 3.05) is 5.75 Å². The Labute approximate surface area is 170 Å². The molecular weight excluding hydrogens is 392 g/mol. The van der Waals surface area contributed by atoms with E-state index in [2.05, 4.69) is 16.4 Å². The molecule has 0 spiro atoms. The van der Waals surface area contributed by atoms with Gasteiger partial charge in [-0.25, -0.2) is 4.98 Å². The van der Waals surface area contributed by atoms with Crippen LogP contribution in [0.4, 0.5) is 0 Å².